The highest BCUT2D eigenvalue weighted by Gasteiger charge is 2.19. The maximum Gasteiger partial charge on any atom is 0.0417 e. The van der Waals surface area contributed by atoms with E-state index >= 15 is 0 Å². The van der Waals surface area contributed by atoms with Crippen LogP contribution in [0.3, 0.4) is 0 Å². The number of rotatable bonds is 3. The third-order valence-corrected chi connectivity index (χ3v) is 3.01. The van der Waals surface area contributed by atoms with E-state index < -0.39 is 0 Å². The monoisotopic (exact) mass is 206 g/mol. The summed E-state index contributed by atoms with van der Waals surface area (Å²) < 4.78 is 0. The number of aromatic nitrogens is 1. The first-order chi connectivity index (χ1) is 6.91. The molecule has 0 aliphatic carbocycles. The highest BCUT2D eigenvalue weighted by atomic mass is 14.9. The lowest BCUT2D eigenvalue weighted by Gasteiger charge is -2.28. The predicted octanol–water partition coefficient (Wildman–Crippen LogP) is 2.91. The van der Waals surface area contributed by atoms with Crippen LogP contribution in [0, 0.1) is 12.3 Å². The normalized spacial score (nSPS) is 13.9. The Labute approximate surface area is 93.1 Å². The molecule has 84 valence electrons. The largest absolute Gasteiger partial charge is 0.310 e. The molecule has 0 fully saturated rings. The minimum atomic E-state index is 0.302. The molecule has 1 unspecified atom stereocenters. The summed E-state index contributed by atoms with van der Waals surface area (Å²) >= 11 is 0. The van der Waals surface area contributed by atoms with Crippen LogP contribution in [0.2, 0.25) is 0 Å². The molecular formula is C13H22N2. The van der Waals surface area contributed by atoms with Gasteiger partial charge in [0, 0.05) is 24.5 Å². The van der Waals surface area contributed by atoms with E-state index in [1.807, 2.05) is 12.3 Å². The fourth-order valence-electron chi connectivity index (χ4n) is 1.27. The van der Waals surface area contributed by atoms with Crippen LogP contribution in [0.4, 0.5) is 0 Å². The number of nitrogens with zero attached hydrogens (tertiary/aromatic N) is 1. The fraction of sp³-hybridized carbons (Fsp3) is 0.615. The zero-order valence-electron chi connectivity index (χ0n) is 10.5. The van der Waals surface area contributed by atoms with Gasteiger partial charge in [-0.2, -0.15) is 0 Å². The topological polar surface area (TPSA) is 24.9 Å². The molecule has 0 radical (unpaired) electrons. The molecule has 1 atom stereocenters. The first-order valence-corrected chi connectivity index (χ1v) is 5.55. The summed E-state index contributed by atoms with van der Waals surface area (Å²) in [5.41, 5.74) is 2.70. The Balaban J connectivity index is 2.55. The van der Waals surface area contributed by atoms with Crippen molar-refractivity contribution in [1.29, 1.82) is 0 Å². The predicted molar refractivity (Wildman–Crippen MR) is 64.7 cm³/mol. The maximum atomic E-state index is 4.28. The zero-order chi connectivity index (χ0) is 11.5. The molecule has 1 aromatic heterocycles. The van der Waals surface area contributed by atoms with Crippen LogP contribution in [0.1, 0.15) is 39.0 Å². The summed E-state index contributed by atoms with van der Waals surface area (Å²) in [6.45, 7) is 11.9. The quantitative estimate of drug-likeness (QED) is 0.822. The molecule has 0 amide bonds. The maximum absolute atomic E-state index is 4.28. The molecule has 0 aliphatic rings. The molecule has 0 saturated carbocycles. The Morgan fingerprint density at radius 3 is 2.60 bits per heavy atom. The van der Waals surface area contributed by atoms with E-state index in [1.54, 1.807) is 0 Å². The molecule has 1 N–H and O–H groups in total. The van der Waals surface area contributed by atoms with Crippen LogP contribution < -0.4 is 5.32 Å². The molecule has 0 aliphatic heterocycles. The lowest BCUT2D eigenvalue weighted by Crippen LogP contribution is -2.37. The summed E-state index contributed by atoms with van der Waals surface area (Å²) in [5, 5.41) is 3.54. The summed E-state index contributed by atoms with van der Waals surface area (Å²) in [6, 6.07) is 4.62. The summed E-state index contributed by atoms with van der Waals surface area (Å²) in [7, 11) is 0. The lowest BCUT2D eigenvalue weighted by molar-refractivity contribution is 0.285. The van der Waals surface area contributed by atoms with Crippen molar-refractivity contribution in [2.75, 3.05) is 0 Å². The van der Waals surface area contributed by atoms with Gasteiger partial charge in [-0.05, 0) is 30.9 Å². The van der Waals surface area contributed by atoms with Gasteiger partial charge < -0.3 is 5.32 Å². The van der Waals surface area contributed by atoms with Gasteiger partial charge in [0.1, 0.15) is 0 Å². The SMILES string of the molecule is Cc1ncccc1CNC(C)C(C)(C)C. The van der Waals surface area contributed by atoms with Crippen LogP contribution in [0.25, 0.3) is 0 Å². The minimum Gasteiger partial charge on any atom is -0.310 e. The zero-order valence-corrected chi connectivity index (χ0v) is 10.5. The third-order valence-electron chi connectivity index (χ3n) is 3.01. The standard InChI is InChI=1S/C13H22N2/c1-10-12(7-6-8-14-10)9-15-11(2)13(3,4)5/h6-8,11,15H,9H2,1-5H3. The van der Waals surface area contributed by atoms with E-state index in [-0.39, 0.29) is 0 Å². The van der Waals surface area contributed by atoms with E-state index in [4.69, 9.17) is 0 Å². The van der Waals surface area contributed by atoms with Crippen molar-refractivity contribution in [2.45, 2.75) is 47.2 Å². The van der Waals surface area contributed by atoms with E-state index in [0.29, 0.717) is 11.5 Å². The second kappa shape index (κ2) is 4.75. The average Bonchev–Trinajstić information content (AvgIpc) is 2.14. The number of nitrogens with one attached hydrogen (secondary N) is 1. The molecule has 0 saturated heterocycles. The van der Waals surface area contributed by atoms with Crippen LogP contribution >= 0.6 is 0 Å². The van der Waals surface area contributed by atoms with E-state index in [2.05, 4.69) is 51.0 Å². The molecule has 1 heterocycles. The van der Waals surface area contributed by atoms with Crippen molar-refractivity contribution in [2.24, 2.45) is 5.41 Å². The Hall–Kier alpha value is -0.890. The number of hydrogen-bond acceptors (Lipinski definition) is 2. The van der Waals surface area contributed by atoms with Gasteiger partial charge >= 0.3 is 0 Å². The number of aryl methyl sites for hydroxylation is 1. The van der Waals surface area contributed by atoms with E-state index in [9.17, 15) is 0 Å². The molecule has 0 spiro atoms. The highest BCUT2D eigenvalue weighted by Crippen LogP contribution is 2.19. The molecule has 15 heavy (non-hydrogen) atoms. The average molecular weight is 206 g/mol. The Kier molecular flexibility index (Phi) is 3.86. The van der Waals surface area contributed by atoms with Gasteiger partial charge in [0.05, 0.1) is 0 Å². The first-order valence-electron chi connectivity index (χ1n) is 5.55. The molecule has 0 bridgehead atoms. The second-order valence-corrected chi connectivity index (χ2v) is 5.22. The van der Waals surface area contributed by atoms with Crippen LogP contribution in [0.5, 0.6) is 0 Å². The fourth-order valence-corrected chi connectivity index (χ4v) is 1.27. The van der Waals surface area contributed by atoms with Crippen LogP contribution in [-0.2, 0) is 6.54 Å². The Bertz CT molecular complexity index is 313. The molecule has 1 rings (SSSR count). The third kappa shape index (κ3) is 3.63. The van der Waals surface area contributed by atoms with Gasteiger partial charge in [-0.1, -0.05) is 26.8 Å². The Morgan fingerprint density at radius 2 is 2.07 bits per heavy atom. The summed E-state index contributed by atoms with van der Waals surface area (Å²) in [4.78, 5) is 4.28. The van der Waals surface area contributed by atoms with E-state index in [0.717, 1.165) is 12.2 Å². The van der Waals surface area contributed by atoms with Crippen molar-refractivity contribution in [3.63, 3.8) is 0 Å². The lowest BCUT2D eigenvalue weighted by atomic mass is 9.88. The van der Waals surface area contributed by atoms with Crippen molar-refractivity contribution in [1.82, 2.24) is 10.3 Å². The smallest absolute Gasteiger partial charge is 0.0417 e. The van der Waals surface area contributed by atoms with Crippen LogP contribution in [0.15, 0.2) is 18.3 Å². The summed E-state index contributed by atoms with van der Waals surface area (Å²) in [6.07, 6.45) is 1.84. The number of hydrogen-bond donors (Lipinski definition) is 1. The minimum absolute atomic E-state index is 0.302. The summed E-state index contributed by atoms with van der Waals surface area (Å²) in [5.74, 6) is 0. The second-order valence-electron chi connectivity index (χ2n) is 5.22. The van der Waals surface area contributed by atoms with Crippen molar-refractivity contribution >= 4 is 0 Å². The molecule has 2 nitrogen and oxygen atoms in total. The van der Waals surface area contributed by atoms with E-state index in [1.165, 1.54) is 5.56 Å². The van der Waals surface area contributed by atoms with Crippen molar-refractivity contribution in [3.05, 3.63) is 29.6 Å². The molecule has 1 aromatic rings. The molecule has 2 heteroatoms. The van der Waals surface area contributed by atoms with Crippen LogP contribution in [-0.4, -0.2) is 11.0 Å². The first kappa shape index (κ1) is 12.2. The van der Waals surface area contributed by atoms with Gasteiger partial charge in [-0.25, -0.2) is 0 Å². The molecule has 0 aromatic carbocycles. The van der Waals surface area contributed by atoms with Crippen molar-refractivity contribution in [3.8, 4) is 0 Å². The highest BCUT2D eigenvalue weighted by molar-refractivity contribution is 5.17. The number of pyridine rings is 1. The van der Waals surface area contributed by atoms with Gasteiger partial charge in [0.2, 0.25) is 0 Å². The van der Waals surface area contributed by atoms with Gasteiger partial charge in [-0.15, -0.1) is 0 Å². The molecular weight excluding hydrogens is 184 g/mol. The van der Waals surface area contributed by atoms with Crippen molar-refractivity contribution < 1.29 is 0 Å². The van der Waals surface area contributed by atoms with Gasteiger partial charge in [0.15, 0.2) is 0 Å². The van der Waals surface area contributed by atoms with Gasteiger partial charge in [0.25, 0.3) is 0 Å². The Morgan fingerprint density at radius 1 is 1.40 bits per heavy atom. The van der Waals surface area contributed by atoms with Gasteiger partial charge in [-0.3, -0.25) is 4.98 Å².